The first-order chi connectivity index (χ1) is 12.7. The number of rotatable bonds is 6. The first-order valence-electron chi connectivity index (χ1n) is 10.1. The molecule has 0 aromatic heterocycles. The highest BCUT2D eigenvalue weighted by Gasteiger charge is 2.24. The number of ether oxygens (including phenoxy) is 1. The molecule has 1 heteroatoms. The summed E-state index contributed by atoms with van der Waals surface area (Å²) in [4.78, 5) is 0. The van der Waals surface area contributed by atoms with Gasteiger partial charge < -0.3 is 4.74 Å². The van der Waals surface area contributed by atoms with Crippen LogP contribution in [0, 0.1) is 0 Å². The highest BCUT2D eigenvalue weighted by atomic mass is 16.5. The normalized spacial score (nSPS) is 20.4. The van der Waals surface area contributed by atoms with Crippen molar-refractivity contribution in [3.63, 3.8) is 0 Å². The van der Waals surface area contributed by atoms with Crippen LogP contribution in [-0.4, -0.2) is 7.11 Å². The van der Waals surface area contributed by atoms with Gasteiger partial charge in [0, 0.05) is 0 Å². The summed E-state index contributed by atoms with van der Waals surface area (Å²) in [5, 5.41) is 0. The van der Waals surface area contributed by atoms with Crippen molar-refractivity contribution in [2.45, 2.75) is 64.2 Å². The molecule has 1 fully saturated rings. The van der Waals surface area contributed by atoms with Crippen LogP contribution < -0.4 is 4.74 Å². The van der Waals surface area contributed by atoms with E-state index in [2.05, 4.69) is 68.5 Å². The van der Waals surface area contributed by atoms with Crippen molar-refractivity contribution in [2.75, 3.05) is 7.11 Å². The quantitative estimate of drug-likeness (QED) is 0.540. The Morgan fingerprint density at radius 1 is 0.923 bits per heavy atom. The van der Waals surface area contributed by atoms with E-state index in [1.165, 1.54) is 47.9 Å². The summed E-state index contributed by atoms with van der Waals surface area (Å²) in [6, 6.07) is 16.0. The number of benzene rings is 2. The largest absolute Gasteiger partial charge is 0.496 e. The third-order valence-electron chi connectivity index (χ3n) is 5.79. The van der Waals surface area contributed by atoms with Gasteiger partial charge in [-0.2, -0.15) is 0 Å². The predicted octanol–water partition coefficient (Wildman–Crippen LogP) is 7.12. The Balaban J connectivity index is 1.65. The molecule has 2 aromatic carbocycles. The molecule has 1 aliphatic rings. The molecule has 0 saturated heterocycles. The number of hydrogen-bond donors (Lipinski definition) is 0. The van der Waals surface area contributed by atoms with Gasteiger partial charge in [0.2, 0.25) is 0 Å². The molecule has 26 heavy (non-hydrogen) atoms. The van der Waals surface area contributed by atoms with Crippen molar-refractivity contribution >= 4 is 6.08 Å². The summed E-state index contributed by atoms with van der Waals surface area (Å²) in [6.07, 6.45) is 11.7. The third-order valence-corrected chi connectivity index (χ3v) is 5.79. The highest BCUT2D eigenvalue weighted by Crippen LogP contribution is 2.41. The van der Waals surface area contributed by atoms with Crippen LogP contribution >= 0.6 is 0 Å². The summed E-state index contributed by atoms with van der Waals surface area (Å²) < 4.78 is 5.54. The Labute approximate surface area is 159 Å². The van der Waals surface area contributed by atoms with E-state index in [9.17, 15) is 0 Å². The van der Waals surface area contributed by atoms with E-state index in [0.29, 0.717) is 5.92 Å². The third kappa shape index (κ3) is 4.38. The van der Waals surface area contributed by atoms with E-state index < -0.39 is 0 Å². The van der Waals surface area contributed by atoms with Gasteiger partial charge in [-0.25, -0.2) is 0 Å². The van der Waals surface area contributed by atoms with Gasteiger partial charge >= 0.3 is 0 Å². The molecule has 1 aliphatic carbocycles. The first-order valence-corrected chi connectivity index (χ1v) is 10.1. The fraction of sp³-hybridized carbons (Fsp3) is 0.440. The van der Waals surface area contributed by atoms with Crippen molar-refractivity contribution in [3.05, 3.63) is 70.8 Å². The summed E-state index contributed by atoms with van der Waals surface area (Å²) in [5.74, 6) is 2.47. The van der Waals surface area contributed by atoms with Crippen molar-refractivity contribution in [1.29, 1.82) is 0 Å². The van der Waals surface area contributed by atoms with Gasteiger partial charge in [-0.15, -0.1) is 0 Å². The number of allylic oxidation sites excluding steroid dienone is 1. The Morgan fingerprint density at radius 3 is 2.12 bits per heavy atom. The smallest absolute Gasteiger partial charge is 0.122 e. The molecule has 0 unspecified atom stereocenters. The monoisotopic (exact) mass is 348 g/mol. The zero-order valence-corrected chi connectivity index (χ0v) is 16.5. The molecular weight excluding hydrogens is 316 g/mol. The molecule has 2 aromatic rings. The van der Waals surface area contributed by atoms with Gasteiger partial charge in [0.05, 0.1) is 7.11 Å². The molecule has 0 heterocycles. The van der Waals surface area contributed by atoms with Gasteiger partial charge in [0.15, 0.2) is 0 Å². The summed E-state index contributed by atoms with van der Waals surface area (Å²) in [7, 11) is 1.78. The second-order valence-corrected chi connectivity index (χ2v) is 7.54. The van der Waals surface area contributed by atoms with E-state index in [1.807, 2.05) is 0 Å². The Kier molecular flexibility index (Phi) is 6.55. The van der Waals surface area contributed by atoms with E-state index in [-0.39, 0.29) is 0 Å². The van der Waals surface area contributed by atoms with Crippen molar-refractivity contribution in [2.24, 2.45) is 0 Å². The second kappa shape index (κ2) is 9.07. The molecular formula is C25H32O. The lowest BCUT2D eigenvalue weighted by atomic mass is 9.76. The standard InChI is InChI=1S/C25H32O/c1-4-6-19-8-10-20(11-9-19)21-12-14-22(15-13-21)23-16-17-25(26-3)24(18-23)7-5-2/h4,6,8-11,16-18,21-22H,5,7,12-15H2,1-3H3/b6-4+. The number of aryl methyl sites for hydroxylation is 1. The molecule has 1 saturated carbocycles. The molecule has 138 valence electrons. The lowest BCUT2D eigenvalue weighted by Crippen LogP contribution is -2.12. The summed E-state index contributed by atoms with van der Waals surface area (Å²) in [6.45, 7) is 4.30. The predicted molar refractivity (Wildman–Crippen MR) is 112 cm³/mol. The fourth-order valence-electron chi connectivity index (χ4n) is 4.35. The van der Waals surface area contributed by atoms with Crippen molar-refractivity contribution in [3.8, 4) is 5.75 Å². The Bertz CT molecular complexity index is 718. The van der Waals surface area contributed by atoms with E-state index >= 15 is 0 Å². The molecule has 0 N–H and O–H groups in total. The summed E-state index contributed by atoms with van der Waals surface area (Å²) >= 11 is 0. The minimum absolute atomic E-state index is 0.704. The Hall–Kier alpha value is -2.02. The summed E-state index contributed by atoms with van der Waals surface area (Å²) in [5.41, 5.74) is 5.69. The van der Waals surface area contributed by atoms with Gasteiger partial charge in [-0.1, -0.05) is 61.9 Å². The average molecular weight is 349 g/mol. The molecule has 0 amide bonds. The van der Waals surface area contributed by atoms with E-state index in [0.717, 1.165) is 24.5 Å². The molecule has 0 aliphatic heterocycles. The van der Waals surface area contributed by atoms with Crippen LogP contribution in [0.4, 0.5) is 0 Å². The minimum Gasteiger partial charge on any atom is -0.496 e. The van der Waals surface area contributed by atoms with E-state index in [4.69, 9.17) is 4.74 Å². The first kappa shape index (κ1) is 18.8. The maximum absolute atomic E-state index is 5.54. The maximum atomic E-state index is 5.54. The van der Waals surface area contributed by atoms with Crippen LogP contribution in [0.5, 0.6) is 5.75 Å². The van der Waals surface area contributed by atoms with Gasteiger partial charge in [0.1, 0.15) is 5.75 Å². The average Bonchev–Trinajstić information content (AvgIpc) is 2.69. The zero-order chi connectivity index (χ0) is 18.4. The van der Waals surface area contributed by atoms with Crippen LogP contribution in [0.3, 0.4) is 0 Å². The minimum atomic E-state index is 0.704. The lowest BCUT2D eigenvalue weighted by Gasteiger charge is -2.29. The molecule has 0 spiro atoms. The fourth-order valence-corrected chi connectivity index (χ4v) is 4.35. The topological polar surface area (TPSA) is 9.23 Å². The lowest BCUT2D eigenvalue weighted by molar-refractivity contribution is 0.393. The van der Waals surface area contributed by atoms with E-state index in [1.54, 1.807) is 7.11 Å². The molecule has 0 radical (unpaired) electrons. The molecule has 3 rings (SSSR count). The molecule has 1 nitrogen and oxygen atoms in total. The van der Waals surface area contributed by atoms with Crippen LogP contribution in [-0.2, 0) is 6.42 Å². The van der Waals surface area contributed by atoms with Crippen molar-refractivity contribution in [1.82, 2.24) is 0 Å². The van der Waals surface area contributed by atoms with Crippen LogP contribution in [0.1, 0.15) is 80.0 Å². The number of hydrogen-bond acceptors (Lipinski definition) is 1. The Morgan fingerprint density at radius 2 is 1.54 bits per heavy atom. The second-order valence-electron chi connectivity index (χ2n) is 7.54. The van der Waals surface area contributed by atoms with Crippen molar-refractivity contribution < 1.29 is 4.74 Å². The van der Waals surface area contributed by atoms with Crippen LogP contribution in [0.15, 0.2) is 48.5 Å². The zero-order valence-electron chi connectivity index (χ0n) is 16.5. The molecule has 0 bridgehead atoms. The SMILES string of the molecule is C/C=C/c1ccc(C2CCC(c3ccc(OC)c(CCC)c3)CC2)cc1. The van der Waals surface area contributed by atoms with Gasteiger partial charge in [-0.3, -0.25) is 0 Å². The van der Waals surface area contributed by atoms with Crippen LogP contribution in [0.25, 0.3) is 6.08 Å². The number of methoxy groups -OCH3 is 1. The maximum Gasteiger partial charge on any atom is 0.122 e. The highest BCUT2D eigenvalue weighted by molar-refractivity contribution is 5.49. The van der Waals surface area contributed by atoms with Gasteiger partial charge in [0.25, 0.3) is 0 Å². The van der Waals surface area contributed by atoms with Crippen LogP contribution in [0.2, 0.25) is 0 Å². The molecule has 0 atom stereocenters. The van der Waals surface area contributed by atoms with Gasteiger partial charge in [-0.05, 0) is 79.2 Å².